The van der Waals surface area contributed by atoms with Crippen molar-refractivity contribution in [2.45, 2.75) is 25.1 Å². The summed E-state index contributed by atoms with van der Waals surface area (Å²) in [6.45, 7) is 1.10. The molecule has 1 aliphatic heterocycles. The van der Waals surface area contributed by atoms with Crippen LogP contribution in [0.25, 0.3) is 0 Å². The third kappa shape index (κ3) is 2.73. The van der Waals surface area contributed by atoms with Gasteiger partial charge in [0, 0.05) is 19.0 Å². The molecule has 1 fully saturated rings. The van der Waals surface area contributed by atoms with E-state index in [-0.39, 0.29) is 25.1 Å². The molecule has 2 unspecified atom stereocenters. The first-order valence-corrected chi connectivity index (χ1v) is 5.94. The summed E-state index contributed by atoms with van der Waals surface area (Å²) < 4.78 is 40.9. The van der Waals surface area contributed by atoms with Gasteiger partial charge in [-0.1, -0.05) is 0 Å². The van der Waals surface area contributed by atoms with Gasteiger partial charge in [-0.15, -0.1) is 0 Å². The SMILES string of the molecule is CC(O)C(=O)N1CCC(F)(c2cc(F)cc(F)c2)C1. The molecule has 1 aromatic carbocycles. The fourth-order valence-electron chi connectivity index (χ4n) is 2.27. The Kier molecular flexibility index (Phi) is 3.54. The highest BCUT2D eigenvalue weighted by molar-refractivity contribution is 5.80. The summed E-state index contributed by atoms with van der Waals surface area (Å²) in [4.78, 5) is 12.7. The molecule has 1 N–H and O–H groups in total. The van der Waals surface area contributed by atoms with Crippen LogP contribution in [0.15, 0.2) is 18.2 Å². The van der Waals surface area contributed by atoms with Crippen molar-refractivity contribution < 1.29 is 23.1 Å². The smallest absolute Gasteiger partial charge is 0.251 e. The second-order valence-corrected chi connectivity index (χ2v) is 4.81. The van der Waals surface area contributed by atoms with Crippen LogP contribution >= 0.6 is 0 Å². The van der Waals surface area contributed by atoms with Gasteiger partial charge in [-0.3, -0.25) is 4.79 Å². The van der Waals surface area contributed by atoms with Crippen molar-refractivity contribution in [3.05, 3.63) is 35.4 Å². The molecule has 2 rings (SSSR count). The fraction of sp³-hybridized carbons (Fsp3) is 0.462. The Morgan fingerprint density at radius 2 is 1.95 bits per heavy atom. The van der Waals surface area contributed by atoms with E-state index in [1.165, 1.54) is 6.92 Å². The van der Waals surface area contributed by atoms with E-state index in [0.29, 0.717) is 6.07 Å². The van der Waals surface area contributed by atoms with E-state index < -0.39 is 29.3 Å². The number of hydrogen-bond donors (Lipinski definition) is 1. The molecule has 1 aliphatic rings. The van der Waals surface area contributed by atoms with Crippen LogP contribution in [0.4, 0.5) is 13.2 Å². The van der Waals surface area contributed by atoms with Crippen LogP contribution in [0.1, 0.15) is 18.9 Å². The van der Waals surface area contributed by atoms with Crippen LogP contribution in [0.3, 0.4) is 0 Å². The summed E-state index contributed by atoms with van der Waals surface area (Å²) in [7, 11) is 0. The first kappa shape index (κ1) is 13.9. The molecule has 3 nitrogen and oxygen atoms in total. The highest BCUT2D eigenvalue weighted by Gasteiger charge is 2.42. The predicted octanol–water partition coefficient (Wildman–Crippen LogP) is 1.74. The molecule has 1 aromatic rings. The highest BCUT2D eigenvalue weighted by Crippen LogP contribution is 2.36. The van der Waals surface area contributed by atoms with E-state index in [0.717, 1.165) is 17.0 Å². The third-order valence-electron chi connectivity index (χ3n) is 3.27. The first-order valence-electron chi connectivity index (χ1n) is 5.94. The Morgan fingerprint density at radius 3 is 2.47 bits per heavy atom. The molecule has 19 heavy (non-hydrogen) atoms. The molecule has 6 heteroatoms. The number of aliphatic hydroxyl groups is 1. The largest absolute Gasteiger partial charge is 0.384 e. The number of likely N-dealkylation sites (tertiary alicyclic amines) is 1. The summed E-state index contributed by atoms with van der Waals surface area (Å²) in [5.74, 6) is -2.30. The van der Waals surface area contributed by atoms with Gasteiger partial charge < -0.3 is 10.0 Å². The molecule has 104 valence electrons. The fourth-order valence-corrected chi connectivity index (χ4v) is 2.27. The average Bonchev–Trinajstić information content (AvgIpc) is 2.71. The molecule has 0 saturated carbocycles. The van der Waals surface area contributed by atoms with Crippen LogP contribution in [-0.4, -0.2) is 35.1 Å². The number of rotatable bonds is 2. The lowest BCUT2D eigenvalue weighted by Crippen LogP contribution is -2.38. The van der Waals surface area contributed by atoms with Gasteiger partial charge in [0.15, 0.2) is 5.67 Å². The van der Waals surface area contributed by atoms with Crippen LogP contribution < -0.4 is 0 Å². The summed E-state index contributed by atoms with van der Waals surface area (Å²) in [5, 5.41) is 9.18. The standard InChI is InChI=1S/C13H14F3NO2/c1-8(18)12(19)17-3-2-13(16,7-17)9-4-10(14)6-11(15)5-9/h4-6,8,18H,2-3,7H2,1H3. The molecule has 1 heterocycles. The van der Waals surface area contributed by atoms with Gasteiger partial charge in [0.05, 0.1) is 6.54 Å². The van der Waals surface area contributed by atoms with Gasteiger partial charge in [-0.25, -0.2) is 13.2 Å². The van der Waals surface area contributed by atoms with Gasteiger partial charge in [-0.05, 0) is 24.6 Å². The number of alkyl halides is 1. The van der Waals surface area contributed by atoms with Crippen molar-refractivity contribution in [3.8, 4) is 0 Å². The van der Waals surface area contributed by atoms with Crippen molar-refractivity contribution in [1.82, 2.24) is 4.90 Å². The molecule has 0 spiro atoms. The van der Waals surface area contributed by atoms with E-state index in [1.54, 1.807) is 0 Å². The third-order valence-corrected chi connectivity index (χ3v) is 3.27. The van der Waals surface area contributed by atoms with Crippen LogP contribution in [0.5, 0.6) is 0 Å². The molecular formula is C13H14F3NO2. The van der Waals surface area contributed by atoms with Gasteiger partial charge >= 0.3 is 0 Å². The highest BCUT2D eigenvalue weighted by atomic mass is 19.1. The number of nitrogens with zero attached hydrogens (tertiary/aromatic N) is 1. The maximum atomic E-state index is 14.7. The maximum absolute atomic E-state index is 14.7. The summed E-state index contributed by atoms with van der Waals surface area (Å²) in [6.07, 6.45) is -1.26. The van der Waals surface area contributed by atoms with Gasteiger partial charge in [0.1, 0.15) is 17.7 Å². The van der Waals surface area contributed by atoms with E-state index in [4.69, 9.17) is 0 Å². The normalized spacial score (nSPS) is 24.6. The number of carbonyl (C=O) groups is 1. The molecule has 0 radical (unpaired) electrons. The molecule has 0 aliphatic carbocycles. The Labute approximate surface area is 108 Å². The molecule has 2 atom stereocenters. The molecule has 0 aromatic heterocycles. The Balaban J connectivity index is 2.23. The van der Waals surface area contributed by atoms with Crippen LogP contribution in [-0.2, 0) is 10.5 Å². The van der Waals surface area contributed by atoms with Crippen LogP contribution in [0.2, 0.25) is 0 Å². The minimum atomic E-state index is -1.98. The second kappa shape index (κ2) is 4.85. The first-order chi connectivity index (χ1) is 8.82. The van der Waals surface area contributed by atoms with Crippen molar-refractivity contribution in [1.29, 1.82) is 0 Å². The number of aliphatic hydroxyl groups excluding tert-OH is 1. The molecule has 1 amide bonds. The zero-order valence-electron chi connectivity index (χ0n) is 10.4. The lowest BCUT2D eigenvalue weighted by atomic mass is 9.95. The quantitative estimate of drug-likeness (QED) is 0.891. The average molecular weight is 273 g/mol. The van der Waals surface area contributed by atoms with E-state index in [9.17, 15) is 23.1 Å². The Bertz CT molecular complexity index is 486. The van der Waals surface area contributed by atoms with Crippen LogP contribution in [0, 0.1) is 11.6 Å². The predicted molar refractivity (Wildman–Crippen MR) is 62.0 cm³/mol. The maximum Gasteiger partial charge on any atom is 0.251 e. The topological polar surface area (TPSA) is 40.5 Å². The Morgan fingerprint density at radius 1 is 1.37 bits per heavy atom. The monoisotopic (exact) mass is 273 g/mol. The van der Waals surface area contributed by atoms with E-state index in [2.05, 4.69) is 0 Å². The lowest BCUT2D eigenvalue weighted by Gasteiger charge is -2.22. The summed E-state index contributed by atoms with van der Waals surface area (Å²) in [5.41, 5.74) is -2.10. The minimum Gasteiger partial charge on any atom is -0.384 e. The van der Waals surface area contributed by atoms with Gasteiger partial charge in [-0.2, -0.15) is 0 Å². The Hall–Kier alpha value is -1.56. The number of benzene rings is 1. The zero-order chi connectivity index (χ0) is 14.2. The van der Waals surface area contributed by atoms with Crippen molar-refractivity contribution in [2.24, 2.45) is 0 Å². The van der Waals surface area contributed by atoms with E-state index >= 15 is 0 Å². The number of hydrogen-bond acceptors (Lipinski definition) is 2. The molecule has 0 bridgehead atoms. The molecule has 1 saturated heterocycles. The summed E-state index contributed by atoms with van der Waals surface area (Å²) >= 11 is 0. The summed E-state index contributed by atoms with van der Waals surface area (Å²) in [6, 6.07) is 2.53. The number of halogens is 3. The lowest BCUT2D eigenvalue weighted by molar-refractivity contribution is -0.138. The van der Waals surface area contributed by atoms with Crippen molar-refractivity contribution in [2.75, 3.05) is 13.1 Å². The van der Waals surface area contributed by atoms with E-state index in [1.807, 2.05) is 0 Å². The van der Waals surface area contributed by atoms with Gasteiger partial charge in [0.2, 0.25) is 0 Å². The minimum absolute atomic E-state index is 0.0473. The molecular weight excluding hydrogens is 259 g/mol. The number of amides is 1. The van der Waals surface area contributed by atoms with Gasteiger partial charge in [0.25, 0.3) is 5.91 Å². The number of carbonyl (C=O) groups excluding carboxylic acids is 1. The zero-order valence-corrected chi connectivity index (χ0v) is 10.4. The van der Waals surface area contributed by atoms with Crippen molar-refractivity contribution in [3.63, 3.8) is 0 Å². The van der Waals surface area contributed by atoms with Crippen molar-refractivity contribution >= 4 is 5.91 Å². The second-order valence-electron chi connectivity index (χ2n) is 4.81.